The molecule has 1 N–H and O–H groups in total. The molecule has 6 nitrogen and oxygen atoms in total. The molecule has 0 aromatic heterocycles. The topological polar surface area (TPSA) is 61.9 Å². The van der Waals surface area contributed by atoms with Crippen LogP contribution in [0.4, 0.5) is 0 Å². The van der Waals surface area contributed by atoms with Crippen LogP contribution in [-0.2, 0) is 14.9 Å². The lowest BCUT2D eigenvalue weighted by atomic mass is 10.2. The van der Waals surface area contributed by atoms with Crippen LogP contribution < -0.4 is 5.32 Å². The molecule has 7 heteroatoms. The summed E-state index contributed by atoms with van der Waals surface area (Å²) < 4.78 is 33.4. The third-order valence-electron chi connectivity index (χ3n) is 3.85. The minimum absolute atomic E-state index is 0.286. The van der Waals surface area contributed by atoms with Gasteiger partial charge in [-0.05, 0) is 32.2 Å². The predicted octanol–water partition coefficient (Wildman–Crippen LogP) is 0.0274. The molecule has 1 unspecified atom stereocenters. The fourth-order valence-corrected chi connectivity index (χ4v) is 4.45. The lowest BCUT2D eigenvalue weighted by molar-refractivity contribution is 0.173. The smallest absolute Gasteiger partial charge is 0.282 e. The zero-order valence-corrected chi connectivity index (χ0v) is 12.5. The minimum atomic E-state index is -3.31. The van der Waals surface area contributed by atoms with Crippen molar-refractivity contribution in [2.45, 2.75) is 31.7 Å². The molecule has 112 valence electrons. The Balaban J connectivity index is 2.01. The van der Waals surface area contributed by atoms with E-state index in [2.05, 4.69) is 5.32 Å². The quantitative estimate of drug-likeness (QED) is 0.719. The van der Waals surface area contributed by atoms with Gasteiger partial charge in [-0.3, -0.25) is 0 Å². The van der Waals surface area contributed by atoms with E-state index in [9.17, 15) is 8.42 Å². The van der Waals surface area contributed by atoms with Gasteiger partial charge in [-0.2, -0.15) is 17.0 Å². The van der Waals surface area contributed by atoms with Crippen LogP contribution in [0.2, 0.25) is 0 Å². The molecule has 0 bridgehead atoms. The average Bonchev–Trinajstić information content (AvgIpc) is 3.06. The van der Waals surface area contributed by atoms with Crippen molar-refractivity contribution in [1.82, 2.24) is 13.9 Å². The Hall–Kier alpha value is -0.210. The van der Waals surface area contributed by atoms with E-state index in [0.717, 1.165) is 32.2 Å². The monoisotopic (exact) mass is 291 g/mol. The minimum Gasteiger partial charge on any atom is -0.383 e. The normalized spacial score (nSPS) is 25.5. The van der Waals surface area contributed by atoms with E-state index < -0.39 is 10.2 Å². The Labute approximate surface area is 116 Å². The summed E-state index contributed by atoms with van der Waals surface area (Å²) in [6.07, 6.45) is 4.13. The Morgan fingerprint density at radius 3 is 2.63 bits per heavy atom. The maximum atomic E-state index is 12.6. The number of rotatable bonds is 7. The summed E-state index contributed by atoms with van der Waals surface area (Å²) in [5.41, 5.74) is 0. The molecule has 0 aliphatic carbocycles. The third kappa shape index (κ3) is 3.88. The highest BCUT2D eigenvalue weighted by molar-refractivity contribution is 7.86. The van der Waals surface area contributed by atoms with Gasteiger partial charge in [-0.25, -0.2) is 0 Å². The third-order valence-corrected chi connectivity index (χ3v) is 5.85. The standard InChI is InChI=1S/C12H25N3O3S/c1-18-10-9-15(11-12-5-4-6-13-12)19(16,17)14-7-2-3-8-14/h12-13H,2-11H2,1H3. The molecule has 1 atom stereocenters. The van der Waals surface area contributed by atoms with Crippen molar-refractivity contribution in [1.29, 1.82) is 0 Å². The Kier molecular flexibility index (Phi) is 5.58. The molecule has 0 aromatic carbocycles. The summed E-state index contributed by atoms with van der Waals surface area (Å²) in [5.74, 6) is 0. The highest BCUT2D eigenvalue weighted by Gasteiger charge is 2.33. The number of nitrogens with zero attached hydrogens (tertiary/aromatic N) is 2. The number of nitrogens with one attached hydrogen (secondary N) is 1. The summed E-state index contributed by atoms with van der Waals surface area (Å²) in [5, 5.41) is 3.36. The highest BCUT2D eigenvalue weighted by atomic mass is 32.2. The molecule has 2 aliphatic rings. The molecule has 0 saturated carbocycles. The van der Waals surface area contributed by atoms with Gasteiger partial charge in [0.15, 0.2) is 0 Å². The van der Waals surface area contributed by atoms with Crippen molar-refractivity contribution in [3.63, 3.8) is 0 Å². The molecule has 0 aromatic rings. The van der Waals surface area contributed by atoms with Crippen molar-refractivity contribution < 1.29 is 13.2 Å². The molecule has 0 amide bonds. The van der Waals surface area contributed by atoms with Crippen LogP contribution in [0.5, 0.6) is 0 Å². The van der Waals surface area contributed by atoms with Crippen molar-refractivity contribution in [3.8, 4) is 0 Å². The Morgan fingerprint density at radius 2 is 2.05 bits per heavy atom. The molecule has 0 spiro atoms. The zero-order valence-electron chi connectivity index (χ0n) is 11.7. The SMILES string of the molecule is COCCN(CC1CCCN1)S(=O)(=O)N1CCCC1. The van der Waals surface area contributed by atoms with Gasteiger partial charge in [0.05, 0.1) is 6.61 Å². The van der Waals surface area contributed by atoms with Crippen molar-refractivity contribution in [2.24, 2.45) is 0 Å². The Bertz CT molecular complexity index is 362. The molecular weight excluding hydrogens is 266 g/mol. The van der Waals surface area contributed by atoms with E-state index in [4.69, 9.17) is 4.74 Å². The molecule has 0 radical (unpaired) electrons. The summed E-state index contributed by atoms with van der Waals surface area (Å²) in [7, 11) is -1.71. The molecule has 2 fully saturated rings. The predicted molar refractivity (Wildman–Crippen MR) is 74.2 cm³/mol. The van der Waals surface area contributed by atoms with Crippen LogP contribution in [-0.4, -0.2) is 69.5 Å². The summed E-state index contributed by atoms with van der Waals surface area (Å²) in [4.78, 5) is 0. The first-order valence-corrected chi connectivity index (χ1v) is 8.52. The number of methoxy groups -OCH3 is 1. The van der Waals surface area contributed by atoms with Gasteiger partial charge in [0.2, 0.25) is 0 Å². The van der Waals surface area contributed by atoms with Crippen LogP contribution in [0.1, 0.15) is 25.7 Å². The van der Waals surface area contributed by atoms with Crippen LogP contribution >= 0.6 is 0 Å². The molecular formula is C12H25N3O3S. The first kappa shape index (κ1) is 15.2. The van der Waals surface area contributed by atoms with Gasteiger partial charge in [-0.15, -0.1) is 0 Å². The van der Waals surface area contributed by atoms with Crippen LogP contribution in [0.3, 0.4) is 0 Å². The molecule has 2 aliphatic heterocycles. The maximum Gasteiger partial charge on any atom is 0.282 e. The lowest BCUT2D eigenvalue weighted by Crippen LogP contribution is -2.48. The number of ether oxygens (including phenoxy) is 1. The zero-order chi connectivity index (χ0) is 13.7. The summed E-state index contributed by atoms with van der Waals surface area (Å²) in [6.45, 7) is 3.75. The van der Waals surface area contributed by atoms with Crippen LogP contribution in [0, 0.1) is 0 Å². The van der Waals surface area contributed by atoms with E-state index in [1.165, 1.54) is 0 Å². The van der Waals surface area contributed by atoms with Crippen molar-refractivity contribution in [2.75, 3.05) is 46.4 Å². The fourth-order valence-electron chi connectivity index (χ4n) is 2.73. The summed E-state index contributed by atoms with van der Waals surface area (Å²) in [6, 6.07) is 0.286. The largest absolute Gasteiger partial charge is 0.383 e. The Morgan fingerprint density at radius 1 is 1.32 bits per heavy atom. The average molecular weight is 291 g/mol. The number of hydrogen-bond donors (Lipinski definition) is 1. The van der Waals surface area contributed by atoms with E-state index >= 15 is 0 Å². The van der Waals surface area contributed by atoms with Crippen molar-refractivity contribution >= 4 is 10.2 Å². The van der Waals surface area contributed by atoms with Crippen LogP contribution in [0.15, 0.2) is 0 Å². The van der Waals surface area contributed by atoms with Crippen LogP contribution in [0.25, 0.3) is 0 Å². The fraction of sp³-hybridized carbons (Fsp3) is 1.00. The molecule has 2 saturated heterocycles. The lowest BCUT2D eigenvalue weighted by Gasteiger charge is -2.29. The van der Waals surface area contributed by atoms with Gasteiger partial charge in [-0.1, -0.05) is 0 Å². The number of hydrogen-bond acceptors (Lipinski definition) is 4. The summed E-state index contributed by atoms with van der Waals surface area (Å²) >= 11 is 0. The maximum absolute atomic E-state index is 12.6. The second-order valence-corrected chi connectivity index (χ2v) is 7.19. The van der Waals surface area contributed by atoms with E-state index in [-0.39, 0.29) is 6.04 Å². The first-order chi connectivity index (χ1) is 9.14. The van der Waals surface area contributed by atoms with Gasteiger partial charge < -0.3 is 10.1 Å². The second-order valence-electron chi connectivity index (χ2n) is 5.26. The van der Waals surface area contributed by atoms with Gasteiger partial charge >= 0.3 is 0 Å². The van der Waals surface area contributed by atoms with E-state index in [0.29, 0.717) is 32.8 Å². The molecule has 19 heavy (non-hydrogen) atoms. The van der Waals surface area contributed by atoms with Crippen molar-refractivity contribution in [3.05, 3.63) is 0 Å². The van der Waals surface area contributed by atoms with E-state index in [1.807, 2.05) is 0 Å². The highest BCUT2D eigenvalue weighted by Crippen LogP contribution is 2.18. The van der Waals surface area contributed by atoms with E-state index in [1.54, 1.807) is 15.7 Å². The first-order valence-electron chi connectivity index (χ1n) is 7.12. The molecule has 2 heterocycles. The second kappa shape index (κ2) is 6.99. The van der Waals surface area contributed by atoms with Gasteiger partial charge in [0.25, 0.3) is 10.2 Å². The van der Waals surface area contributed by atoms with Gasteiger partial charge in [0.1, 0.15) is 0 Å². The van der Waals surface area contributed by atoms with Gasteiger partial charge in [0, 0.05) is 39.3 Å². The molecule has 2 rings (SSSR count).